The van der Waals surface area contributed by atoms with Crippen molar-refractivity contribution in [3.05, 3.63) is 52.5 Å². The fourth-order valence-electron chi connectivity index (χ4n) is 5.33. The molecule has 4 rings (SSSR count). The van der Waals surface area contributed by atoms with Gasteiger partial charge >= 0.3 is 0 Å². The number of fused-ring (bicyclic) bond motifs is 2. The van der Waals surface area contributed by atoms with Gasteiger partial charge in [0.05, 0.1) is 16.1 Å². The molecule has 0 aromatic heterocycles. The standard InChI is InChI=1S/C23H27BrN2O5S2/c1-15-4-7-19(13-20(15)33(30,31)26-18-8-5-17(24)6-9-18)25-32(28,29)14-23-11-10-16(12-21(23)27)22(23,2)3/h4-9,13,16,25-26H,10-12,14H2,1-3H3. The van der Waals surface area contributed by atoms with E-state index in [0.717, 1.165) is 10.9 Å². The lowest BCUT2D eigenvalue weighted by Gasteiger charge is -2.36. The number of carbonyl (C=O) groups is 1. The molecule has 2 aromatic carbocycles. The van der Waals surface area contributed by atoms with Crippen LogP contribution in [-0.2, 0) is 24.8 Å². The van der Waals surface area contributed by atoms with Gasteiger partial charge in [-0.2, -0.15) is 0 Å². The normalized spacial score (nSPS) is 24.1. The van der Waals surface area contributed by atoms with E-state index in [4.69, 9.17) is 0 Å². The lowest BCUT2D eigenvalue weighted by molar-refractivity contribution is -0.128. The van der Waals surface area contributed by atoms with Crippen LogP contribution in [0.4, 0.5) is 11.4 Å². The Balaban J connectivity index is 1.59. The number of benzene rings is 2. The molecule has 0 heterocycles. The maximum Gasteiger partial charge on any atom is 0.262 e. The quantitative estimate of drug-likeness (QED) is 0.515. The van der Waals surface area contributed by atoms with Crippen molar-refractivity contribution in [3.63, 3.8) is 0 Å². The third-order valence-electron chi connectivity index (χ3n) is 7.42. The van der Waals surface area contributed by atoms with Crippen molar-refractivity contribution in [3.8, 4) is 0 Å². The smallest absolute Gasteiger partial charge is 0.262 e. The van der Waals surface area contributed by atoms with Gasteiger partial charge in [-0.1, -0.05) is 35.8 Å². The highest BCUT2D eigenvalue weighted by Crippen LogP contribution is 2.64. The van der Waals surface area contributed by atoms with Crippen LogP contribution in [0.3, 0.4) is 0 Å². The van der Waals surface area contributed by atoms with E-state index in [1.165, 1.54) is 12.1 Å². The van der Waals surface area contributed by atoms with Crippen molar-refractivity contribution in [2.24, 2.45) is 16.7 Å². The van der Waals surface area contributed by atoms with Gasteiger partial charge in [0.1, 0.15) is 5.78 Å². The molecule has 0 amide bonds. The zero-order valence-electron chi connectivity index (χ0n) is 18.7. The van der Waals surface area contributed by atoms with Gasteiger partial charge in [0.15, 0.2) is 0 Å². The summed E-state index contributed by atoms with van der Waals surface area (Å²) in [4.78, 5) is 12.7. The number of hydrogen-bond acceptors (Lipinski definition) is 5. The summed E-state index contributed by atoms with van der Waals surface area (Å²) < 4.78 is 58.0. The van der Waals surface area contributed by atoms with Gasteiger partial charge in [0.25, 0.3) is 10.0 Å². The van der Waals surface area contributed by atoms with E-state index in [1.54, 1.807) is 37.3 Å². The second-order valence-corrected chi connectivity index (χ2v) is 13.9. The predicted molar refractivity (Wildman–Crippen MR) is 132 cm³/mol. The van der Waals surface area contributed by atoms with Gasteiger partial charge in [-0.15, -0.1) is 0 Å². The van der Waals surface area contributed by atoms with Crippen LogP contribution in [0, 0.1) is 23.7 Å². The Hall–Kier alpha value is -1.91. The zero-order chi connectivity index (χ0) is 24.2. The van der Waals surface area contributed by atoms with E-state index in [9.17, 15) is 21.6 Å². The fourth-order valence-corrected chi connectivity index (χ4v) is 8.81. The number of Topliss-reactive ketones (excluding diaryl/α,β-unsaturated/α-hetero) is 1. The highest BCUT2D eigenvalue weighted by Gasteiger charge is 2.65. The minimum Gasteiger partial charge on any atom is -0.299 e. The summed E-state index contributed by atoms with van der Waals surface area (Å²) in [5, 5.41) is 0. The summed E-state index contributed by atoms with van der Waals surface area (Å²) >= 11 is 3.31. The van der Waals surface area contributed by atoms with Crippen LogP contribution in [0.1, 0.15) is 38.7 Å². The maximum atomic E-state index is 13.1. The molecule has 2 unspecified atom stereocenters. The number of hydrogen-bond donors (Lipinski definition) is 2. The fraction of sp³-hybridized carbons (Fsp3) is 0.435. The topological polar surface area (TPSA) is 109 Å². The third-order valence-corrected chi connectivity index (χ3v) is 10.9. The molecule has 2 aromatic rings. The molecule has 2 N–H and O–H groups in total. The van der Waals surface area contributed by atoms with Crippen LogP contribution in [0.2, 0.25) is 0 Å². The first kappa shape index (κ1) is 24.2. The molecule has 0 spiro atoms. The van der Waals surface area contributed by atoms with Gasteiger partial charge in [-0.25, -0.2) is 16.8 Å². The van der Waals surface area contributed by atoms with Crippen molar-refractivity contribution < 1.29 is 21.6 Å². The van der Waals surface area contributed by atoms with Crippen LogP contribution in [0.5, 0.6) is 0 Å². The molecule has 2 atom stereocenters. The number of rotatable bonds is 7. The number of aryl methyl sites for hydroxylation is 1. The van der Waals surface area contributed by atoms with Gasteiger partial charge in [0, 0.05) is 22.3 Å². The van der Waals surface area contributed by atoms with Crippen molar-refractivity contribution in [2.45, 2.75) is 44.9 Å². The first-order valence-corrected chi connectivity index (χ1v) is 14.6. The molecular formula is C23H27BrN2O5S2. The highest BCUT2D eigenvalue weighted by molar-refractivity contribution is 9.10. The van der Waals surface area contributed by atoms with Crippen LogP contribution >= 0.6 is 15.9 Å². The van der Waals surface area contributed by atoms with Gasteiger partial charge in [-0.05, 0) is 73.1 Å². The average molecular weight is 556 g/mol. The molecule has 178 valence electrons. The summed E-state index contributed by atoms with van der Waals surface area (Å²) in [6, 6.07) is 11.1. The second kappa shape index (κ2) is 8.09. The Morgan fingerprint density at radius 1 is 1.00 bits per heavy atom. The number of sulfonamides is 2. The summed E-state index contributed by atoms with van der Waals surface area (Å²) in [6.45, 7) is 5.61. The monoisotopic (exact) mass is 554 g/mol. The molecule has 2 aliphatic carbocycles. The number of carbonyl (C=O) groups excluding carboxylic acids is 1. The molecule has 7 nitrogen and oxygen atoms in total. The Bertz CT molecular complexity index is 1320. The number of anilines is 2. The Morgan fingerprint density at radius 2 is 1.64 bits per heavy atom. The minimum atomic E-state index is -3.95. The van der Waals surface area contributed by atoms with E-state index in [0.29, 0.717) is 24.1 Å². The molecule has 2 saturated carbocycles. The molecule has 33 heavy (non-hydrogen) atoms. The van der Waals surface area contributed by atoms with E-state index in [-0.39, 0.29) is 33.5 Å². The largest absolute Gasteiger partial charge is 0.299 e. The van der Waals surface area contributed by atoms with Gasteiger partial charge < -0.3 is 0 Å². The molecule has 0 radical (unpaired) electrons. The first-order valence-electron chi connectivity index (χ1n) is 10.7. The molecule has 0 aliphatic heterocycles. The molecule has 2 fully saturated rings. The van der Waals surface area contributed by atoms with Crippen LogP contribution in [0.15, 0.2) is 51.8 Å². The molecular weight excluding hydrogens is 528 g/mol. The summed E-state index contributed by atoms with van der Waals surface area (Å²) in [5.74, 6) is -0.0730. The highest BCUT2D eigenvalue weighted by atomic mass is 79.9. The predicted octanol–water partition coefficient (Wildman–Crippen LogP) is 4.70. The minimum absolute atomic E-state index is 0.0139. The van der Waals surface area contributed by atoms with E-state index in [2.05, 4.69) is 25.4 Å². The van der Waals surface area contributed by atoms with Gasteiger partial charge in [0.2, 0.25) is 10.0 Å². The maximum absolute atomic E-state index is 13.1. The molecule has 2 aliphatic rings. The van der Waals surface area contributed by atoms with E-state index >= 15 is 0 Å². The van der Waals surface area contributed by atoms with Crippen LogP contribution in [0.25, 0.3) is 0 Å². The third kappa shape index (κ3) is 4.33. The SMILES string of the molecule is Cc1ccc(NS(=O)(=O)CC23CCC(CC2=O)C3(C)C)cc1S(=O)(=O)Nc1ccc(Br)cc1. The molecule has 2 bridgehead atoms. The Morgan fingerprint density at radius 3 is 2.21 bits per heavy atom. The van der Waals surface area contributed by atoms with Crippen molar-refractivity contribution in [1.82, 2.24) is 0 Å². The lowest BCUT2D eigenvalue weighted by atomic mass is 9.70. The number of ketones is 1. The Labute approximate surface area is 203 Å². The van der Waals surface area contributed by atoms with Crippen molar-refractivity contribution >= 4 is 53.1 Å². The Kier molecular flexibility index (Phi) is 5.94. The lowest BCUT2D eigenvalue weighted by Crippen LogP contribution is -2.43. The van der Waals surface area contributed by atoms with Gasteiger partial charge in [-0.3, -0.25) is 14.2 Å². The summed E-state index contributed by atoms with van der Waals surface area (Å²) in [6.07, 6.45) is 1.84. The van der Waals surface area contributed by atoms with Crippen LogP contribution < -0.4 is 9.44 Å². The summed E-state index contributed by atoms with van der Waals surface area (Å²) in [7, 11) is -7.84. The second-order valence-electron chi connectivity index (χ2n) is 9.62. The van der Waals surface area contributed by atoms with Crippen LogP contribution in [-0.4, -0.2) is 28.4 Å². The van der Waals surface area contributed by atoms with Crippen molar-refractivity contribution in [2.75, 3.05) is 15.2 Å². The number of halogens is 1. The average Bonchev–Trinajstić information content (AvgIpc) is 3.04. The van der Waals surface area contributed by atoms with E-state index in [1.807, 2.05) is 13.8 Å². The first-order chi connectivity index (χ1) is 15.3. The molecule has 0 saturated heterocycles. The molecule has 10 heteroatoms. The number of nitrogens with one attached hydrogen (secondary N) is 2. The summed E-state index contributed by atoms with van der Waals surface area (Å²) in [5.41, 5.74) is -0.264. The van der Waals surface area contributed by atoms with E-state index < -0.39 is 25.5 Å². The zero-order valence-corrected chi connectivity index (χ0v) is 21.9. The van der Waals surface area contributed by atoms with Crippen molar-refractivity contribution in [1.29, 1.82) is 0 Å².